The van der Waals surface area contributed by atoms with E-state index in [9.17, 15) is 4.79 Å². The van der Waals surface area contributed by atoms with Gasteiger partial charge in [-0.3, -0.25) is 4.79 Å². The van der Waals surface area contributed by atoms with Crippen LogP contribution in [0.3, 0.4) is 0 Å². The smallest absolute Gasteiger partial charge is 0.303 e. The number of hydrogen-bond acceptors (Lipinski definition) is 4. The summed E-state index contributed by atoms with van der Waals surface area (Å²) < 4.78 is 0. The predicted octanol–water partition coefficient (Wildman–Crippen LogP) is 2.65. The highest BCUT2D eigenvalue weighted by molar-refractivity contribution is 5.66. The molecule has 5 nitrogen and oxygen atoms in total. The van der Waals surface area contributed by atoms with E-state index in [-0.39, 0.29) is 6.42 Å². The van der Waals surface area contributed by atoms with Crippen molar-refractivity contribution >= 4 is 11.8 Å². The first-order valence-corrected chi connectivity index (χ1v) is 7.50. The third-order valence-corrected chi connectivity index (χ3v) is 3.83. The molecule has 1 aliphatic heterocycles. The standard InChI is InChI=1S/C15H23N3O2/c1-2-5-12-10-14(17-11-16-12)18-9-4-3-6-13(18)7-8-15(19)20/h10-11,13H,2-9H2,1H3,(H,19,20). The highest BCUT2D eigenvalue weighted by Crippen LogP contribution is 2.26. The van der Waals surface area contributed by atoms with Gasteiger partial charge in [-0.2, -0.15) is 0 Å². The van der Waals surface area contributed by atoms with Crippen LogP contribution in [0.1, 0.15) is 51.1 Å². The van der Waals surface area contributed by atoms with Crippen molar-refractivity contribution in [1.29, 1.82) is 0 Å². The van der Waals surface area contributed by atoms with Crippen molar-refractivity contribution in [2.24, 2.45) is 0 Å². The van der Waals surface area contributed by atoms with E-state index in [0.717, 1.165) is 43.7 Å². The second-order valence-corrected chi connectivity index (χ2v) is 5.39. The van der Waals surface area contributed by atoms with Crippen LogP contribution in [-0.4, -0.2) is 33.6 Å². The molecular weight excluding hydrogens is 254 g/mol. The van der Waals surface area contributed by atoms with E-state index in [1.54, 1.807) is 6.33 Å². The van der Waals surface area contributed by atoms with Crippen LogP contribution >= 0.6 is 0 Å². The summed E-state index contributed by atoms with van der Waals surface area (Å²) in [7, 11) is 0. The van der Waals surface area contributed by atoms with Crippen LogP contribution in [0.4, 0.5) is 5.82 Å². The molecular formula is C15H23N3O2. The summed E-state index contributed by atoms with van der Waals surface area (Å²) in [6, 6.07) is 2.35. The highest BCUT2D eigenvalue weighted by atomic mass is 16.4. The Morgan fingerprint density at radius 2 is 2.30 bits per heavy atom. The minimum atomic E-state index is -0.718. The van der Waals surface area contributed by atoms with Crippen LogP contribution in [0, 0.1) is 0 Å². The molecule has 0 bridgehead atoms. The van der Waals surface area contributed by atoms with Gasteiger partial charge in [0.15, 0.2) is 0 Å². The lowest BCUT2D eigenvalue weighted by Gasteiger charge is -2.36. The van der Waals surface area contributed by atoms with Crippen molar-refractivity contribution < 1.29 is 9.90 Å². The average molecular weight is 277 g/mol. The monoisotopic (exact) mass is 277 g/mol. The Kier molecular flexibility index (Phi) is 5.32. The van der Waals surface area contributed by atoms with Crippen LogP contribution in [0.15, 0.2) is 12.4 Å². The van der Waals surface area contributed by atoms with Gasteiger partial charge in [0.25, 0.3) is 0 Å². The average Bonchev–Trinajstić information content (AvgIpc) is 2.46. The van der Waals surface area contributed by atoms with Gasteiger partial charge in [0, 0.05) is 30.8 Å². The number of aliphatic carboxylic acids is 1. The van der Waals surface area contributed by atoms with E-state index in [1.165, 1.54) is 6.42 Å². The van der Waals surface area contributed by atoms with E-state index < -0.39 is 5.97 Å². The van der Waals surface area contributed by atoms with Crippen molar-refractivity contribution in [2.45, 2.75) is 57.9 Å². The maximum Gasteiger partial charge on any atom is 0.303 e. The Hall–Kier alpha value is -1.65. The number of rotatable bonds is 6. The van der Waals surface area contributed by atoms with Crippen molar-refractivity contribution in [3.8, 4) is 0 Å². The van der Waals surface area contributed by atoms with Crippen molar-refractivity contribution in [3.05, 3.63) is 18.1 Å². The summed E-state index contributed by atoms with van der Waals surface area (Å²) in [5.41, 5.74) is 1.07. The van der Waals surface area contributed by atoms with Gasteiger partial charge in [0.2, 0.25) is 0 Å². The quantitative estimate of drug-likeness (QED) is 0.866. The van der Waals surface area contributed by atoms with Gasteiger partial charge in [-0.25, -0.2) is 9.97 Å². The number of anilines is 1. The zero-order valence-corrected chi connectivity index (χ0v) is 12.1. The number of carboxylic acids is 1. The summed E-state index contributed by atoms with van der Waals surface area (Å²) in [5.74, 6) is 0.239. The largest absolute Gasteiger partial charge is 0.481 e. The molecule has 5 heteroatoms. The normalized spacial score (nSPS) is 19.1. The molecule has 20 heavy (non-hydrogen) atoms. The van der Waals surface area contributed by atoms with Crippen LogP contribution in [-0.2, 0) is 11.2 Å². The van der Waals surface area contributed by atoms with E-state index >= 15 is 0 Å². The molecule has 1 atom stereocenters. The Morgan fingerprint density at radius 3 is 3.05 bits per heavy atom. The lowest BCUT2D eigenvalue weighted by Crippen LogP contribution is -2.40. The molecule has 1 aliphatic rings. The van der Waals surface area contributed by atoms with Gasteiger partial charge < -0.3 is 10.0 Å². The van der Waals surface area contributed by atoms with Gasteiger partial charge in [0.05, 0.1) is 0 Å². The number of nitrogens with zero attached hydrogens (tertiary/aromatic N) is 3. The fourth-order valence-electron chi connectivity index (χ4n) is 2.83. The fourth-order valence-corrected chi connectivity index (χ4v) is 2.83. The third-order valence-electron chi connectivity index (χ3n) is 3.83. The van der Waals surface area contributed by atoms with Crippen LogP contribution < -0.4 is 4.90 Å². The van der Waals surface area contributed by atoms with E-state index in [1.807, 2.05) is 0 Å². The molecule has 0 aliphatic carbocycles. The number of carbonyl (C=O) groups is 1. The number of aryl methyl sites for hydroxylation is 1. The molecule has 1 unspecified atom stereocenters. The molecule has 0 aromatic carbocycles. The molecule has 1 N–H and O–H groups in total. The van der Waals surface area contributed by atoms with Gasteiger partial charge in [-0.1, -0.05) is 13.3 Å². The molecule has 1 aromatic heterocycles. The second-order valence-electron chi connectivity index (χ2n) is 5.39. The van der Waals surface area contributed by atoms with Crippen LogP contribution in [0.5, 0.6) is 0 Å². The summed E-state index contributed by atoms with van der Waals surface area (Å²) in [4.78, 5) is 21.7. The first kappa shape index (κ1) is 14.8. The van der Waals surface area contributed by atoms with E-state index in [0.29, 0.717) is 12.5 Å². The molecule has 2 rings (SSSR count). The minimum absolute atomic E-state index is 0.230. The molecule has 0 spiro atoms. The molecule has 1 saturated heterocycles. The summed E-state index contributed by atoms with van der Waals surface area (Å²) in [6.07, 6.45) is 7.96. The van der Waals surface area contributed by atoms with Crippen molar-refractivity contribution in [1.82, 2.24) is 9.97 Å². The number of piperidine rings is 1. The van der Waals surface area contributed by atoms with Crippen LogP contribution in [0.2, 0.25) is 0 Å². The first-order valence-electron chi connectivity index (χ1n) is 7.50. The number of aromatic nitrogens is 2. The summed E-state index contributed by atoms with van der Waals surface area (Å²) in [5, 5.41) is 8.87. The van der Waals surface area contributed by atoms with Gasteiger partial charge in [-0.15, -0.1) is 0 Å². The topological polar surface area (TPSA) is 66.3 Å². The molecule has 0 saturated carbocycles. The van der Waals surface area contributed by atoms with Gasteiger partial charge in [-0.05, 0) is 32.1 Å². The number of carboxylic acid groups (broad SMARTS) is 1. The lowest BCUT2D eigenvalue weighted by atomic mass is 9.98. The summed E-state index contributed by atoms with van der Waals surface area (Å²) in [6.45, 7) is 3.10. The predicted molar refractivity (Wildman–Crippen MR) is 77.9 cm³/mol. The maximum absolute atomic E-state index is 10.8. The Morgan fingerprint density at radius 1 is 1.45 bits per heavy atom. The molecule has 0 amide bonds. The number of hydrogen-bond donors (Lipinski definition) is 1. The molecule has 2 heterocycles. The molecule has 1 fully saturated rings. The zero-order valence-electron chi connectivity index (χ0n) is 12.1. The third kappa shape index (κ3) is 3.92. The van der Waals surface area contributed by atoms with Gasteiger partial charge in [0.1, 0.15) is 12.1 Å². The zero-order chi connectivity index (χ0) is 14.4. The van der Waals surface area contributed by atoms with Crippen molar-refractivity contribution in [2.75, 3.05) is 11.4 Å². The highest BCUT2D eigenvalue weighted by Gasteiger charge is 2.24. The molecule has 110 valence electrons. The fraction of sp³-hybridized carbons (Fsp3) is 0.667. The Balaban J connectivity index is 2.10. The Bertz CT molecular complexity index is 450. The van der Waals surface area contributed by atoms with Crippen molar-refractivity contribution in [3.63, 3.8) is 0 Å². The minimum Gasteiger partial charge on any atom is -0.481 e. The SMILES string of the molecule is CCCc1cc(N2CCCCC2CCC(=O)O)ncn1. The van der Waals surface area contributed by atoms with Crippen LogP contribution in [0.25, 0.3) is 0 Å². The van der Waals surface area contributed by atoms with E-state index in [4.69, 9.17) is 5.11 Å². The molecule has 1 aromatic rings. The second kappa shape index (κ2) is 7.22. The first-order chi connectivity index (χ1) is 9.70. The van der Waals surface area contributed by atoms with Gasteiger partial charge >= 0.3 is 5.97 Å². The lowest BCUT2D eigenvalue weighted by molar-refractivity contribution is -0.137. The maximum atomic E-state index is 10.8. The molecule has 0 radical (unpaired) electrons. The van der Waals surface area contributed by atoms with E-state index in [2.05, 4.69) is 27.9 Å². The summed E-state index contributed by atoms with van der Waals surface area (Å²) >= 11 is 0. The Labute approximate surface area is 120 Å².